The summed E-state index contributed by atoms with van der Waals surface area (Å²) in [4.78, 5) is 30.8. The molecule has 4 rings (SSSR count). The van der Waals surface area contributed by atoms with Gasteiger partial charge in [0.05, 0.1) is 17.6 Å². The van der Waals surface area contributed by atoms with Gasteiger partial charge < -0.3 is 20.4 Å². The lowest BCUT2D eigenvalue weighted by atomic mass is 10.1. The first-order chi connectivity index (χ1) is 17.7. The van der Waals surface area contributed by atoms with Crippen molar-refractivity contribution in [3.63, 3.8) is 0 Å². The number of aliphatic hydroxyl groups excluding tert-OH is 2. The van der Waals surface area contributed by atoms with Crippen LogP contribution in [0.3, 0.4) is 0 Å². The maximum absolute atomic E-state index is 15.0. The number of fused-ring (bicyclic) bond motifs is 1. The second-order valence-corrected chi connectivity index (χ2v) is 8.64. The second-order valence-electron chi connectivity index (χ2n) is 8.64. The molecule has 8 nitrogen and oxygen atoms in total. The molecule has 1 aromatic carbocycles. The summed E-state index contributed by atoms with van der Waals surface area (Å²) >= 11 is 0. The number of nitrogens with one attached hydrogen (secondary N) is 1. The number of aromatic nitrogens is 2. The first-order valence-corrected chi connectivity index (χ1v) is 11.1. The summed E-state index contributed by atoms with van der Waals surface area (Å²) in [6.45, 7) is 0.528. The average molecular weight is 548 g/mol. The molecule has 2 unspecified atom stereocenters. The molecule has 1 aliphatic heterocycles. The molecule has 3 heterocycles. The summed E-state index contributed by atoms with van der Waals surface area (Å²) in [7, 11) is 0. The largest absolute Gasteiger partial charge is 0.408 e. The van der Waals surface area contributed by atoms with E-state index in [2.05, 4.69) is 4.98 Å². The lowest BCUT2D eigenvalue weighted by molar-refractivity contribution is -0.153. The molecule has 38 heavy (non-hydrogen) atoms. The van der Waals surface area contributed by atoms with Crippen molar-refractivity contribution in [3.05, 3.63) is 63.5 Å². The molecule has 2 aromatic heterocycles. The Kier molecular flexibility index (Phi) is 7.09. The van der Waals surface area contributed by atoms with Crippen LogP contribution in [0.4, 0.5) is 36.6 Å². The Morgan fingerprint density at radius 2 is 1.66 bits per heavy atom. The van der Waals surface area contributed by atoms with Gasteiger partial charge in [0.2, 0.25) is 5.43 Å². The number of rotatable bonds is 5. The highest BCUT2D eigenvalue weighted by Gasteiger charge is 2.40. The number of hydrogen-bond acceptors (Lipinski definition) is 6. The van der Waals surface area contributed by atoms with E-state index in [0.717, 1.165) is 11.8 Å². The Hall–Kier alpha value is -3.72. The summed E-state index contributed by atoms with van der Waals surface area (Å²) in [5, 5.41) is 20.5. The highest BCUT2D eigenvalue weighted by atomic mass is 19.4. The summed E-state index contributed by atoms with van der Waals surface area (Å²) in [6, 6.07) is -1.26. The van der Waals surface area contributed by atoms with E-state index < -0.39 is 93.6 Å². The lowest BCUT2D eigenvalue weighted by Crippen LogP contribution is -2.46. The third kappa shape index (κ3) is 4.90. The predicted octanol–water partition coefficient (Wildman–Crippen LogP) is 2.55. The number of carbonyl (C=O) groups excluding carboxylic acids is 1. The van der Waals surface area contributed by atoms with E-state index in [1.54, 1.807) is 5.32 Å². The molecule has 3 atom stereocenters. The van der Waals surface area contributed by atoms with Gasteiger partial charge in [-0.3, -0.25) is 14.2 Å². The Morgan fingerprint density at radius 1 is 1.08 bits per heavy atom. The summed E-state index contributed by atoms with van der Waals surface area (Å²) in [5.74, 6) is -7.66. The van der Waals surface area contributed by atoms with Crippen molar-refractivity contribution >= 4 is 22.8 Å². The molecule has 1 saturated heterocycles. The average Bonchev–Trinajstić information content (AvgIpc) is 3.14. The van der Waals surface area contributed by atoms with Gasteiger partial charge in [0.15, 0.2) is 28.9 Å². The van der Waals surface area contributed by atoms with Crippen LogP contribution >= 0.6 is 0 Å². The number of nitrogens with zero attached hydrogens (tertiary/aromatic N) is 3. The van der Waals surface area contributed by atoms with Crippen molar-refractivity contribution in [2.24, 2.45) is 0 Å². The number of anilines is 1. The molecular weight excluding hydrogens is 529 g/mol. The first kappa shape index (κ1) is 27.3. The van der Waals surface area contributed by atoms with Crippen LogP contribution in [0, 0.1) is 23.3 Å². The van der Waals surface area contributed by atoms with E-state index in [4.69, 9.17) is 0 Å². The number of pyridine rings is 2. The topological polar surface area (TPSA) is 108 Å². The molecule has 1 aliphatic rings. The fraction of sp³-hybridized carbons (Fsp3) is 0.348. The third-order valence-electron chi connectivity index (χ3n) is 6.05. The van der Waals surface area contributed by atoms with Crippen LogP contribution in [0.25, 0.3) is 16.7 Å². The Morgan fingerprint density at radius 3 is 2.18 bits per heavy atom. The minimum atomic E-state index is -4.89. The van der Waals surface area contributed by atoms with Gasteiger partial charge in [-0.15, -0.1) is 0 Å². The van der Waals surface area contributed by atoms with Crippen LogP contribution in [-0.2, 0) is 0 Å². The normalized spacial score (nSPS) is 18.7. The smallest absolute Gasteiger partial charge is 0.389 e. The molecule has 15 heteroatoms. The quantitative estimate of drug-likeness (QED) is 0.424. The molecule has 1 fully saturated rings. The summed E-state index contributed by atoms with van der Waals surface area (Å²) in [5.41, 5.74) is -4.01. The molecule has 0 aliphatic carbocycles. The summed E-state index contributed by atoms with van der Waals surface area (Å²) < 4.78 is 98.2. The molecule has 0 radical (unpaired) electrons. The van der Waals surface area contributed by atoms with Crippen LogP contribution in [0.1, 0.15) is 23.7 Å². The minimum Gasteiger partial charge on any atom is -0.389 e. The Labute approximate surface area is 208 Å². The van der Waals surface area contributed by atoms with Crippen molar-refractivity contribution in [1.29, 1.82) is 0 Å². The number of benzene rings is 1. The van der Waals surface area contributed by atoms with Crippen LogP contribution in [0.2, 0.25) is 0 Å². The molecular formula is C23H19F7N4O4. The Balaban J connectivity index is 1.99. The van der Waals surface area contributed by atoms with Crippen molar-refractivity contribution in [3.8, 4) is 5.69 Å². The van der Waals surface area contributed by atoms with Crippen LogP contribution in [0.15, 0.2) is 29.2 Å². The SMILES string of the molecule is CCC(NC(=O)c1cn(-c2c(F)cc(F)cc2F)c2nc(N3CC(O)[C@@H](O)C3)c(F)cc2c1=O)C(F)(F)F. The zero-order valence-electron chi connectivity index (χ0n) is 19.4. The van der Waals surface area contributed by atoms with Gasteiger partial charge in [-0.05, 0) is 12.5 Å². The third-order valence-corrected chi connectivity index (χ3v) is 6.05. The predicted molar refractivity (Wildman–Crippen MR) is 119 cm³/mol. The Bertz CT molecular complexity index is 1440. The maximum atomic E-state index is 15.0. The van der Waals surface area contributed by atoms with Gasteiger partial charge in [0.1, 0.15) is 23.1 Å². The number of β-amino-alcohol motifs (C(OH)–C–C–N with tert-alkyl or cyclic N) is 2. The fourth-order valence-corrected chi connectivity index (χ4v) is 4.13. The first-order valence-electron chi connectivity index (χ1n) is 11.1. The van der Waals surface area contributed by atoms with E-state index in [9.17, 15) is 46.1 Å². The van der Waals surface area contributed by atoms with Gasteiger partial charge in [0, 0.05) is 31.4 Å². The van der Waals surface area contributed by atoms with E-state index in [1.165, 1.54) is 0 Å². The molecule has 3 N–H and O–H groups in total. The van der Waals surface area contributed by atoms with Crippen LogP contribution in [-0.4, -0.2) is 63.2 Å². The number of aliphatic hydroxyl groups is 2. The zero-order valence-corrected chi connectivity index (χ0v) is 19.4. The fourth-order valence-electron chi connectivity index (χ4n) is 4.13. The molecule has 0 spiro atoms. The molecule has 0 bridgehead atoms. The van der Waals surface area contributed by atoms with Crippen LogP contribution < -0.4 is 15.6 Å². The number of carbonyl (C=O) groups is 1. The van der Waals surface area contributed by atoms with E-state index in [1.807, 2.05) is 0 Å². The lowest BCUT2D eigenvalue weighted by Gasteiger charge is -2.21. The zero-order chi connectivity index (χ0) is 28.1. The highest BCUT2D eigenvalue weighted by molar-refractivity contribution is 5.97. The van der Waals surface area contributed by atoms with Crippen molar-refractivity contribution < 1.29 is 45.7 Å². The number of halogens is 7. The van der Waals surface area contributed by atoms with Crippen molar-refractivity contribution in [2.75, 3.05) is 18.0 Å². The van der Waals surface area contributed by atoms with Gasteiger partial charge in [-0.2, -0.15) is 13.2 Å². The number of alkyl halides is 3. The van der Waals surface area contributed by atoms with E-state index in [-0.39, 0.29) is 25.2 Å². The van der Waals surface area contributed by atoms with Crippen molar-refractivity contribution in [2.45, 2.75) is 37.8 Å². The second kappa shape index (κ2) is 9.87. The standard InChI is InChI=1S/C23H19F7N4O4/c1-2-17(23(28,29)30)31-22(38)11-6-34(18-12(25)3-9(24)4-13(18)26)20-10(19(11)37)5-14(27)21(32-20)33-7-15(35)16(36)8-33/h3-6,15-17,35-36H,2,7-8H2,1H3,(H,31,38)/t15-,16?,17?/m0/s1. The maximum Gasteiger partial charge on any atom is 0.408 e. The number of hydrogen-bond donors (Lipinski definition) is 3. The highest BCUT2D eigenvalue weighted by Crippen LogP contribution is 2.29. The molecule has 204 valence electrons. The van der Waals surface area contributed by atoms with E-state index >= 15 is 4.39 Å². The van der Waals surface area contributed by atoms with Gasteiger partial charge in [0.25, 0.3) is 5.91 Å². The summed E-state index contributed by atoms with van der Waals surface area (Å²) in [6.07, 6.45) is -7.54. The van der Waals surface area contributed by atoms with Gasteiger partial charge in [-0.1, -0.05) is 6.92 Å². The minimum absolute atomic E-state index is 0.274. The van der Waals surface area contributed by atoms with Crippen molar-refractivity contribution in [1.82, 2.24) is 14.9 Å². The van der Waals surface area contributed by atoms with Gasteiger partial charge >= 0.3 is 6.18 Å². The van der Waals surface area contributed by atoms with Gasteiger partial charge in [-0.25, -0.2) is 22.5 Å². The number of amides is 1. The molecule has 1 amide bonds. The monoisotopic (exact) mass is 548 g/mol. The van der Waals surface area contributed by atoms with Crippen LogP contribution in [0.5, 0.6) is 0 Å². The van der Waals surface area contributed by atoms with E-state index in [0.29, 0.717) is 16.8 Å². The molecule has 3 aromatic rings. The molecule has 0 saturated carbocycles.